The lowest BCUT2D eigenvalue weighted by Crippen LogP contribution is -2.46. The van der Waals surface area contributed by atoms with Crippen LogP contribution < -0.4 is 20.5 Å². The van der Waals surface area contributed by atoms with Crippen LogP contribution in [0.5, 0.6) is 12.0 Å². The fourth-order valence-electron chi connectivity index (χ4n) is 1.66. The van der Waals surface area contributed by atoms with Crippen molar-refractivity contribution < 1.29 is 35.8 Å². The Morgan fingerprint density at radius 3 is 1.96 bits per heavy atom. The van der Waals surface area contributed by atoms with E-state index in [2.05, 4.69) is 29.7 Å². The summed E-state index contributed by atoms with van der Waals surface area (Å²) in [5, 5.41) is 2.56. The zero-order chi connectivity index (χ0) is 19.5. The van der Waals surface area contributed by atoms with Gasteiger partial charge in [-0.3, -0.25) is 0 Å². The van der Waals surface area contributed by atoms with Gasteiger partial charge in [0.05, 0.1) is 7.11 Å². The first-order valence-electron chi connectivity index (χ1n) is 6.72. The SMILES string of the molecule is COc1nc(Nc2ccc(N)cc2)nc(OC(C(F)(F)F)C(F)(F)F)n1. The van der Waals surface area contributed by atoms with E-state index in [0.717, 1.165) is 7.11 Å². The molecular weight excluding hydrogens is 372 g/mol. The lowest BCUT2D eigenvalue weighted by Gasteiger charge is -2.22. The van der Waals surface area contributed by atoms with Crippen molar-refractivity contribution in [2.45, 2.75) is 18.5 Å². The number of hydrogen-bond acceptors (Lipinski definition) is 7. The Morgan fingerprint density at radius 2 is 1.46 bits per heavy atom. The van der Waals surface area contributed by atoms with Crippen LogP contribution >= 0.6 is 0 Å². The van der Waals surface area contributed by atoms with Gasteiger partial charge in [-0.25, -0.2) is 0 Å². The number of nitrogens with zero attached hydrogens (tertiary/aromatic N) is 3. The van der Waals surface area contributed by atoms with E-state index in [1.54, 1.807) is 0 Å². The predicted molar refractivity (Wildman–Crippen MR) is 77.0 cm³/mol. The molecule has 0 unspecified atom stereocenters. The molecule has 0 saturated carbocycles. The van der Waals surface area contributed by atoms with Crippen molar-refractivity contribution in [3.63, 3.8) is 0 Å². The van der Waals surface area contributed by atoms with Crippen LogP contribution in [-0.2, 0) is 0 Å². The van der Waals surface area contributed by atoms with Crippen molar-refractivity contribution in [3.05, 3.63) is 24.3 Å². The minimum Gasteiger partial charge on any atom is -0.467 e. The van der Waals surface area contributed by atoms with Gasteiger partial charge in [0.25, 0.3) is 6.10 Å². The second-order valence-electron chi connectivity index (χ2n) is 4.76. The number of alkyl halides is 6. The molecule has 0 aliphatic heterocycles. The molecule has 0 amide bonds. The summed E-state index contributed by atoms with van der Waals surface area (Å²) in [6, 6.07) is 4.22. The first-order chi connectivity index (χ1) is 12.0. The van der Waals surface area contributed by atoms with Crippen molar-refractivity contribution in [1.82, 2.24) is 15.0 Å². The number of ether oxygens (including phenoxy) is 2. The van der Waals surface area contributed by atoms with Crippen LogP contribution in [0.1, 0.15) is 0 Å². The molecule has 142 valence electrons. The number of rotatable bonds is 5. The summed E-state index contributed by atoms with van der Waals surface area (Å²) in [6.45, 7) is 0. The zero-order valence-corrected chi connectivity index (χ0v) is 12.9. The predicted octanol–water partition coefficient (Wildman–Crippen LogP) is 3.08. The van der Waals surface area contributed by atoms with E-state index < -0.39 is 30.5 Å². The number of nitrogen functional groups attached to an aromatic ring is 1. The van der Waals surface area contributed by atoms with Crippen LogP contribution in [0.15, 0.2) is 24.3 Å². The molecule has 0 atom stereocenters. The topological polar surface area (TPSA) is 95.2 Å². The third-order valence-electron chi connectivity index (χ3n) is 2.76. The Balaban J connectivity index is 2.32. The third kappa shape index (κ3) is 5.00. The molecule has 13 heteroatoms. The van der Waals surface area contributed by atoms with E-state index in [4.69, 9.17) is 5.73 Å². The Hall–Kier alpha value is -2.99. The second-order valence-corrected chi connectivity index (χ2v) is 4.76. The first kappa shape index (κ1) is 19.3. The summed E-state index contributed by atoms with van der Waals surface area (Å²) >= 11 is 0. The molecule has 0 fully saturated rings. The Labute approximate surface area is 142 Å². The van der Waals surface area contributed by atoms with Gasteiger partial charge >= 0.3 is 24.4 Å². The maximum atomic E-state index is 12.6. The van der Waals surface area contributed by atoms with Crippen molar-refractivity contribution in [2.75, 3.05) is 18.2 Å². The summed E-state index contributed by atoms with van der Waals surface area (Å²) in [6.07, 6.45) is -15.5. The average molecular weight is 383 g/mol. The van der Waals surface area contributed by atoms with E-state index in [9.17, 15) is 26.3 Å². The molecule has 26 heavy (non-hydrogen) atoms. The highest BCUT2D eigenvalue weighted by molar-refractivity contribution is 5.57. The van der Waals surface area contributed by atoms with Crippen LogP contribution in [-0.4, -0.2) is 40.5 Å². The molecule has 3 N–H and O–H groups in total. The summed E-state index contributed by atoms with van der Waals surface area (Å²) in [7, 11) is 1.07. The molecule has 0 radical (unpaired) electrons. The molecule has 1 heterocycles. The maximum Gasteiger partial charge on any atom is 0.434 e. The van der Waals surface area contributed by atoms with Gasteiger partial charge in [-0.05, 0) is 24.3 Å². The van der Waals surface area contributed by atoms with Crippen LogP contribution in [0.25, 0.3) is 0 Å². The van der Waals surface area contributed by atoms with Crippen molar-refractivity contribution in [3.8, 4) is 12.0 Å². The number of nitrogens with one attached hydrogen (secondary N) is 1. The van der Waals surface area contributed by atoms with E-state index in [1.165, 1.54) is 24.3 Å². The lowest BCUT2D eigenvalue weighted by molar-refractivity contribution is -0.301. The molecule has 7 nitrogen and oxygen atoms in total. The lowest BCUT2D eigenvalue weighted by atomic mass is 10.3. The van der Waals surface area contributed by atoms with Gasteiger partial charge in [0, 0.05) is 11.4 Å². The summed E-state index contributed by atoms with van der Waals surface area (Å²) < 4.78 is 84.1. The molecule has 0 aliphatic carbocycles. The largest absolute Gasteiger partial charge is 0.467 e. The van der Waals surface area contributed by atoms with Gasteiger partial charge in [-0.15, -0.1) is 4.98 Å². The number of nitrogens with two attached hydrogens (primary N) is 1. The standard InChI is InChI=1S/C13H11F6N5O2/c1-25-10-22-9(21-7-4-2-6(20)3-5-7)23-11(24-10)26-8(12(14,15)16)13(17,18)19/h2-5,8H,20H2,1H3,(H,21,22,23,24). The van der Waals surface area contributed by atoms with Gasteiger partial charge < -0.3 is 20.5 Å². The first-order valence-corrected chi connectivity index (χ1v) is 6.72. The molecule has 0 spiro atoms. The molecular formula is C13H11F6N5O2. The minimum atomic E-state index is -5.72. The number of hydrogen-bond donors (Lipinski definition) is 2. The molecule has 2 rings (SSSR count). The van der Waals surface area contributed by atoms with Crippen LogP contribution in [0.2, 0.25) is 0 Å². The van der Waals surface area contributed by atoms with Gasteiger partial charge in [0.2, 0.25) is 5.95 Å². The van der Waals surface area contributed by atoms with E-state index in [0.29, 0.717) is 11.4 Å². The maximum absolute atomic E-state index is 12.6. The Kier molecular flexibility index (Phi) is 5.28. The van der Waals surface area contributed by atoms with E-state index >= 15 is 0 Å². The smallest absolute Gasteiger partial charge is 0.434 e. The van der Waals surface area contributed by atoms with Crippen LogP contribution in [0, 0.1) is 0 Å². The second kappa shape index (κ2) is 7.09. The zero-order valence-electron chi connectivity index (χ0n) is 12.9. The number of anilines is 3. The number of aromatic nitrogens is 3. The molecule has 0 saturated heterocycles. The molecule has 0 bridgehead atoms. The van der Waals surface area contributed by atoms with Gasteiger partial charge in [-0.1, -0.05) is 0 Å². The monoisotopic (exact) mass is 383 g/mol. The fraction of sp³-hybridized carbons (Fsp3) is 0.308. The van der Waals surface area contributed by atoms with E-state index in [1.807, 2.05) is 0 Å². The van der Waals surface area contributed by atoms with Crippen LogP contribution in [0.4, 0.5) is 43.7 Å². The van der Waals surface area contributed by atoms with Gasteiger partial charge in [0.1, 0.15) is 0 Å². The number of methoxy groups -OCH3 is 1. The van der Waals surface area contributed by atoms with Crippen molar-refractivity contribution >= 4 is 17.3 Å². The molecule has 2 aromatic rings. The Bertz CT molecular complexity index is 736. The quantitative estimate of drug-likeness (QED) is 0.605. The summed E-state index contributed by atoms with van der Waals surface area (Å²) in [5.74, 6) is -0.389. The Morgan fingerprint density at radius 1 is 0.923 bits per heavy atom. The average Bonchev–Trinajstić information content (AvgIpc) is 2.52. The highest BCUT2D eigenvalue weighted by Crippen LogP contribution is 2.36. The fourth-order valence-corrected chi connectivity index (χ4v) is 1.66. The summed E-state index contributed by atoms with van der Waals surface area (Å²) in [4.78, 5) is 10.3. The van der Waals surface area contributed by atoms with Crippen molar-refractivity contribution in [1.29, 1.82) is 0 Å². The number of halogens is 6. The third-order valence-corrected chi connectivity index (χ3v) is 2.76. The molecule has 0 aliphatic rings. The van der Waals surface area contributed by atoms with Crippen LogP contribution in [0.3, 0.4) is 0 Å². The minimum absolute atomic E-state index is 0.363. The molecule has 1 aromatic heterocycles. The highest BCUT2D eigenvalue weighted by Gasteiger charge is 2.59. The summed E-state index contributed by atoms with van der Waals surface area (Å²) in [5.41, 5.74) is 6.30. The normalized spacial score (nSPS) is 12.2. The van der Waals surface area contributed by atoms with E-state index in [-0.39, 0.29) is 5.95 Å². The van der Waals surface area contributed by atoms with Crippen molar-refractivity contribution in [2.24, 2.45) is 0 Å². The van der Waals surface area contributed by atoms with Gasteiger partial charge in [0.15, 0.2) is 0 Å². The highest BCUT2D eigenvalue weighted by atomic mass is 19.4. The number of benzene rings is 1. The van der Waals surface area contributed by atoms with Gasteiger partial charge in [-0.2, -0.15) is 36.3 Å². The molecule has 1 aromatic carbocycles.